The lowest BCUT2D eigenvalue weighted by molar-refractivity contribution is 0.886. The summed E-state index contributed by atoms with van der Waals surface area (Å²) >= 11 is 1.71. The van der Waals surface area contributed by atoms with Gasteiger partial charge in [-0.15, -0.1) is 11.3 Å². The molecule has 0 fully saturated rings. The topological polar surface area (TPSA) is 17.8 Å². The van der Waals surface area contributed by atoms with E-state index in [9.17, 15) is 0 Å². The van der Waals surface area contributed by atoms with E-state index in [4.69, 9.17) is 4.98 Å². The van der Waals surface area contributed by atoms with E-state index in [0.717, 1.165) is 34.8 Å². The molecule has 0 saturated carbocycles. The van der Waals surface area contributed by atoms with Crippen molar-refractivity contribution in [3.05, 3.63) is 82.4 Å². The summed E-state index contributed by atoms with van der Waals surface area (Å²) < 4.78 is 2.34. The molecule has 2 aliphatic carbocycles. The third-order valence-electron chi connectivity index (χ3n) is 5.63. The van der Waals surface area contributed by atoms with Gasteiger partial charge in [-0.1, -0.05) is 69.7 Å². The molecule has 3 heteroatoms. The van der Waals surface area contributed by atoms with Crippen LogP contribution in [0.25, 0.3) is 28.2 Å². The molecule has 0 radical (unpaired) electrons. The fourth-order valence-corrected chi connectivity index (χ4v) is 4.59. The van der Waals surface area contributed by atoms with Crippen LogP contribution in [0.3, 0.4) is 0 Å². The van der Waals surface area contributed by atoms with E-state index in [1.165, 1.54) is 40.9 Å². The minimum atomic E-state index is 0.951. The lowest BCUT2D eigenvalue weighted by Crippen LogP contribution is -2.01. The molecule has 0 aromatic carbocycles. The van der Waals surface area contributed by atoms with Gasteiger partial charge in [-0.2, -0.15) is 0 Å². The second kappa shape index (κ2) is 10.6. The molecule has 2 aromatic rings. The SMILES string of the molecule is C=C(C)c1cc(-c2csc(C3=CC=CCC=C3C)n2)n(C2=CC=CC2)c1C.CCCC. The van der Waals surface area contributed by atoms with Crippen LogP contribution < -0.4 is 0 Å². The number of hydrogen-bond donors (Lipinski definition) is 0. The van der Waals surface area contributed by atoms with Crippen LogP contribution in [0.15, 0.2) is 66.1 Å². The predicted octanol–water partition coefficient (Wildman–Crippen LogP) is 8.85. The van der Waals surface area contributed by atoms with Gasteiger partial charge in [0.15, 0.2) is 0 Å². The summed E-state index contributed by atoms with van der Waals surface area (Å²) in [6, 6.07) is 2.24. The highest BCUT2D eigenvalue weighted by Crippen LogP contribution is 2.36. The quantitative estimate of drug-likeness (QED) is 0.463. The molecule has 162 valence electrons. The number of nitrogens with zero attached hydrogens (tertiary/aromatic N) is 2. The summed E-state index contributed by atoms with van der Waals surface area (Å²) in [5.74, 6) is 0. The molecule has 0 N–H and O–H groups in total. The van der Waals surface area contributed by atoms with E-state index in [0.29, 0.717) is 0 Å². The lowest BCUT2D eigenvalue weighted by atomic mass is 10.1. The van der Waals surface area contributed by atoms with Crippen LogP contribution >= 0.6 is 11.3 Å². The third-order valence-corrected chi connectivity index (χ3v) is 6.50. The van der Waals surface area contributed by atoms with Gasteiger partial charge >= 0.3 is 0 Å². The Hall–Kier alpha value is -2.65. The lowest BCUT2D eigenvalue weighted by Gasteiger charge is -2.12. The van der Waals surface area contributed by atoms with Crippen molar-refractivity contribution in [2.45, 2.75) is 60.3 Å². The van der Waals surface area contributed by atoms with Crippen molar-refractivity contribution in [3.8, 4) is 11.4 Å². The molecular weight excluding hydrogens is 396 g/mol. The van der Waals surface area contributed by atoms with Crippen molar-refractivity contribution in [3.63, 3.8) is 0 Å². The van der Waals surface area contributed by atoms with Gasteiger partial charge in [-0.3, -0.25) is 0 Å². The predicted molar refractivity (Wildman–Crippen MR) is 139 cm³/mol. The average molecular weight is 431 g/mol. The molecule has 0 amide bonds. The van der Waals surface area contributed by atoms with Crippen molar-refractivity contribution in [2.75, 3.05) is 0 Å². The van der Waals surface area contributed by atoms with E-state index >= 15 is 0 Å². The smallest absolute Gasteiger partial charge is 0.124 e. The van der Waals surface area contributed by atoms with Crippen molar-refractivity contribution < 1.29 is 0 Å². The first-order valence-electron chi connectivity index (χ1n) is 11.2. The number of hydrogen-bond acceptors (Lipinski definition) is 2. The Kier molecular flexibility index (Phi) is 7.86. The maximum Gasteiger partial charge on any atom is 0.124 e. The standard InChI is InChI=1S/C24H24N2S.C4H10/c1-16(2)21-14-23(26(18(21)4)19-11-8-9-12-19)22-15-27-24(25-22)20-13-7-5-6-10-17(20)3;1-3-4-2/h5,7-11,13-15H,1,6,12H2,2-4H3;3-4H2,1-2H3. The zero-order valence-corrected chi connectivity index (χ0v) is 20.4. The fourth-order valence-electron chi connectivity index (χ4n) is 3.68. The van der Waals surface area contributed by atoms with Crippen LogP contribution in [-0.2, 0) is 0 Å². The molecule has 2 nitrogen and oxygen atoms in total. The maximum absolute atomic E-state index is 5.02. The largest absolute Gasteiger partial charge is 0.315 e. The monoisotopic (exact) mass is 430 g/mol. The zero-order valence-electron chi connectivity index (χ0n) is 19.5. The van der Waals surface area contributed by atoms with Gasteiger partial charge in [0, 0.05) is 28.8 Å². The molecule has 0 unspecified atom stereocenters. The Balaban J connectivity index is 0.000000628. The highest BCUT2D eigenvalue weighted by Gasteiger charge is 2.20. The Bertz CT molecular complexity index is 1090. The highest BCUT2D eigenvalue weighted by molar-refractivity contribution is 7.11. The maximum atomic E-state index is 5.02. The number of unbranched alkanes of at least 4 members (excludes halogenated alkanes) is 1. The Labute approximate surface area is 191 Å². The second-order valence-electron chi connectivity index (χ2n) is 8.10. The van der Waals surface area contributed by atoms with Crippen LogP contribution in [0.1, 0.15) is 69.6 Å². The summed E-state index contributed by atoms with van der Waals surface area (Å²) in [6.07, 6.45) is 19.8. The first-order chi connectivity index (χ1) is 15.0. The summed E-state index contributed by atoms with van der Waals surface area (Å²) in [5.41, 5.74) is 9.50. The van der Waals surface area contributed by atoms with Gasteiger partial charge in [0.2, 0.25) is 0 Å². The number of allylic oxidation sites excluding steroid dienone is 11. The summed E-state index contributed by atoms with van der Waals surface area (Å²) in [6.45, 7) is 14.9. The number of aromatic nitrogens is 2. The Morgan fingerprint density at radius 2 is 1.87 bits per heavy atom. The van der Waals surface area contributed by atoms with Crippen molar-refractivity contribution in [2.24, 2.45) is 0 Å². The van der Waals surface area contributed by atoms with Gasteiger partial charge in [-0.25, -0.2) is 4.98 Å². The number of rotatable bonds is 5. The Morgan fingerprint density at radius 3 is 2.52 bits per heavy atom. The summed E-state index contributed by atoms with van der Waals surface area (Å²) in [4.78, 5) is 5.02. The van der Waals surface area contributed by atoms with Crippen LogP contribution in [0.4, 0.5) is 0 Å². The Morgan fingerprint density at radius 1 is 1.13 bits per heavy atom. The van der Waals surface area contributed by atoms with Crippen molar-refractivity contribution in [1.82, 2.24) is 9.55 Å². The minimum absolute atomic E-state index is 0.951. The van der Waals surface area contributed by atoms with Gasteiger partial charge in [0.25, 0.3) is 0 Å². The normalized spacial score (nSPS) is 15.1. The molecule has 0 saturated heterocycles. The van der Waals surface area contributed by atoms with Crippen molar-refractivity contribution >= 4 is 28.2 Å². The van der Waals surface area contributed by atoms with Crippen LogP contribution in [-0.4, -0.2) is 9.55 Å². The van der Waals surface area contributed by atoms with Gasteiger partial charge in [0.1, 0.15) is 5.01 Å². The van der Waals surface area contributed by atoms with E-state index in [1.807, 2.05) is 0 Å². The molecule has 2 heterocycles. The molecule has 0 bridgehead atoms. The van der Waals surface area contributed by atoms with Gasteiger partial charge in [0.05, 0.1) is 11.4 Å². The second-order valence-corrected chi connectivity index (χ2v) is 8.96. The summed E-state index contributed by atoms with van der Waals surface area (Å²) in [5, 5.41) is 3.25. The molecule has 4 rings (SSSR count). The average Bonchev–Trinajstić information content (AvgIpc) is 3.47. The molecule has 2 aliphatic rings. The minimum Gasteiger partial charge on any atom is -0.315 e. The van der Waals surface area contributed by atoms with Crippen LogP contribution in [0.2, 0.25) is 0 Å². The van der Waals surface area contributed by atoms with E-state index in [-0.39, 0.29) is 0 Å². The van der Waals surface area contributed by atoms with Gasteiger partial charge in [-0.05, 0) is 56.0 Å². The molecular formula is C28H34N2S. The van der Waals surface area contributed by atoms with Crippen molar-refractivity contribution in [1.29, 1.82) is 0 Å². The van der Waals surface area contributed by atoms with Gasteiger partial charge < -0.3 is 4.57 Å². The molecule has 31 heavy (non-hydrogen) atoms. The molecule has 0 aliphatic heterocycles. The van der Waals surface area contributed by atoms with E-state index in [2.05, 4.69) is 99.7 Å². The first-order valence-corrected chi connectivity index (χ1v) is 12.1. The van der Waals surface area contributed by atoms with Crippen LogP contribution in [0, 0.1) is 6.92 Å². The zero-order chi connectivity index (χ0) is 22.4. The molecule has 2 aromatic heterocycles. The van der Waals surface area contributed by atoms with Crippen LogP contribution in [0.5, 0.6) is 0 Å². The third kappa shape index (κ3) is 5.16. The molecule has 0 spiro atoms. The molecule has 0 atom stereocenters. The first kappa shape index (κ1) is 23.0. The fraction of sp³-hybridized carbons (Fsp3) is 0.321. The van der Waals surface area contributed by atoms with E-state index < -0.39 is 0 Å². The summed E-state index contributed by atoms with van der Waals surface area (Å²) in [7, 11) is 0. The highest BCUT2D eigenvalue weighted by atomic mass is 32.1. The number of thiazole rings is 1. The van der Waals surface area contributed by atoms with E-state index in [1.54, 1.807) is 11.3 Å².